The number of anilines is 1. The summed E-state index contributed by atoms with van der Waals surface area (Å²) in [6.45, 7) is 0.853. The summed E-state index contributed by atoms with van der Waals surface area (Å²) in [6.07, 6.45) is 2.70. The average molecular weight is 389 g/mol. The summed E-state index contributed by atoms with van der Waals surface area (Å²) in [4.78, 5) is 4.73. The van der Waals surface area contributed by atoms with Crippen LogP contribution in [0.3, 0.4) is 0 Å². The van der Waals surface area contributed by atoms with Crippen LogP contribution in [-0.4, -0.2) is 42.1 Å². The van der Waals surface area contributed by atoms with E-state index in [0.29, 0.717) is 5.02 Å². The van der Waals surface area contributed by atoms with Crippen molar-refractivity contribution in [3.05, 3.63) is 41.4 Å². The summed E-state index contributed by atoms with van der Waals surface area (Å²) < 4.78 is 5.38. The summed E-state index contributed by atoms with van der Waals surface area (Å²) in [5.41, 5.74) is 2.75. The molecule has 1 aromatic heterocycles. The molecule has 0 spiro atoms. The Balaban J connectivity index is 1.86. The third kappa shape index (κ3) is 4.61. The maximum atomic E-state index is 9.16. The molecule has 3 N–H and O–H groups in total. The average Bonchev–Trinajstić information content (AvgIpc) is 2.69. The standard InChI is InChI=1S/C21H25ClN2O3/c1-27-16-6-8-19-18(11-16)21(17-7-5-15(22)10-20(17)24-19)23-9-3-2-4-14(12-25)13-26/h5-8,10-11,14,25-26H,2-4,9,12-13H2,1H3,(H,23,24). The van der Waals surface area contributed by atoms with Crippen LogP contribution >= 0.6 is 11.6 Å². The highest BCUT2D eigenvalue weighted by Crippen LogP contribution is 2.34. The van der Waals surface area contributed by atoms with Crippen LogP contribution in [0.5, 0.6) is 5.75 Å². The van der Waals surface area contributed by atoms with Gasteiger partial charge in [-0.15, -0.1) is 0 Å². The van der Waals surface area contributed by atoms with Crippen molar-refractivity contribution in [2.75, 3.05) is 32.2 Å². The van der Waals surface area contributed by atoms with Gasteiger partial charge in [0.1, 0.15) is 5.75 Å². The van der Waals surface area contributed by atoms with Crippen molar-refractivity contribution in [3.8, 4) is 5.75 Å². The number of fused-ring (bicyclic) bond motifs is 2. The van der Waals surface area contributed by atoms with Crippen LogP contribution in [-0.2, 0) is 0 Å². The number of aliphatic hydroxyl groups is 2. The number of hydrogen-bond donors (Lipinski definition) is 3. The molecular formula is C21H25ClN2O3. The Morgan fingerprint density at radius 3 is 2.59 bits per heavy atom. The lowest BCUT2D eigenvalue weighted by atomic mass is 10.0. The van der Waals surface area contributed by atoms with E-state index >= 15 is 0 Å². The third-order valence-electron chi connectivity index (χ3n) is 4.80. The summed E-state index contributed by atoms with van der Waals surface area (Å²) in [5.74, 6) is 0.758. The molecule has 0 bridgehead atoms. The minimum Gasteiger partial charge on any atom is -0.497 e. The predicted molar refractivity (Wildman–Crippen MR) is 111 cm³/mol. The molecule has 0 amide bonds. The van der Waals surface area contributed by atoms with Crippen LogP contribution in [0.2, 0.25) is 5.02 Å². The van der Waals surface area contributed by atoms with Gasteiger partial charge in [-0.3, -0.25) is 0 Å². The molecule has 3 aromatic rings. The van der Waals surface area contributed by atoms with Gasteiger partial charge < -0.3 is 20.3 Å². The second kappa shape index (κ2) is 9.22. The lowest BCUT2D eigenvalue weighted by molar-refractivity contribution is 0.142. The zero-order valence-electron chi connectivity index (χ0n) is 15.4. The Morgan fingerprint density at radius 1 is 1.04 bits per heavy atom. The molecule has 0 unspecified atom stereocenters. The molecule has 0 fully saturated rings. The van der Waals surface area contributed by atoms with E-state index in [4.69, 9.17) is 31.5 Å². The molecule has 6 heteroatoms. The molecule has 144 valence electrons. The lowest BCUT2D eigenvalue weighted by Gasteiger charge is -2.15. The maximum absolute atomic E-state index is 9.16. The van der Waals surface area contributed by atoms with Crippen LogP contribution in [0, 0.1) is 5.92 Å². The molecule has 0 aliphatic carbocycles. The van der Waals surface area contributed by atoms with Crippen molar-refractivity contribution < 1.29 is 14.9 Å². The van der Waals surface area contributed by atoms with Crippen LogP contribution in [0.4, 0.5) is 5.69 Å². The highest BCUT2D eigenvalue weighted by atomic mass is 35.5. The van der Waals surface area contributed by atoms with Gasteiger partial charge in [0.25, 0.3) is 0 Å². The zero-order chi connectivity index (χ0) is 19.2. The van der Waals surface area contributed by atoms with Crippen LogP contribution in [0.1, 0.15) is 19.3 Å². The first kappa shape index (κ1) is 19.7. The minimum absolute atomic E-state index is 0.0287. The quantitative estimate of drug-likeness (QED) is 0.378. The summed E-state index contributed by atoms with van der Waals surface area (Å²) >= 11 is 6.15. The molecule has 1 heterocycles. The normalized spacial score (nSPS) is 11.4. The number of hydrogen-bond acceptors (Lipinski definition) is 5. The van der Waals surface area contributed by atoms with Crippen molar-refractivity contribution >= 4 is 39.1 Å². The molecule has 3 rings (SSSR count). The number of aliphatic hydroxyl groups excluding tert-OH is 2. The van der Waals surface area contributed by atoms with Gasteiger partial charge in [-0.25, -0.2) is 4.98 Å². The number of pyridine rings is 1. The third-order valence-corrected chi connectivity index (χ3v) is 5.04. The van der Waals surface area contributed by atoms with E-state index in [9.17, 15) is 0 Å². The fraction of sp³-hybridized carbons (Fsp3) is 0.381. The molecule has 0 saturated heterocycles. The van der Waals surface area contributed by atoms with E-state index in [0.717, 1.165) is 59.0 Å². The number of methoxy groups -OCH3 is 1. The van der Waals surface area contributed by atoms with E-state index in [1.54, 1.807) is 7.11 Å². The number of ether oxygens (including phenoxy) is 1. The highest BCUT2D eigenvalue weighted by Gasteiger charge is 2.11. The molecule has 2 aromatic carbocycles. The molecule has 27 heavy (non-hydrogen) atoms. The van der Waals surface area contributed by atoms with Crippen molar-refractivity contribution in [1.82, 2.24) is 4.98 Å². The van der Waals surface area contributed by atoms with E-state index in [2.05, 4.69) is 5.32 Å². The van der Waals surface area contributed by atoms with Crippen LogP contribution in [0.15, 0.2) is 36.4 Å². The number of unbranched alkanes of at least 4 members (excludes halogenated alkanes) is 1. The van der Waals surface area contributed by atoms with Crippen LogP contribution < -0.4 is 10.1 Å². The smallest absolute Gasteiger partial charge is 0.119 e. The molecule has 0 aliphatic heterocycles. The second-order valence-corrected chi connectivity index (χ2v) is 7.12. The van der Waals surface area contributed by atoms with Crippen molar-refractivity contribution in [1.29, 1.82) is 0 Å². The van der Waals surface area contributed by atoms with Gasteiger partial charge in [-0.1, -0.05) is 18.0 Å². The number of halogens is 1. The fourth-order valence-electron chi connectivity index (χ4n) is 3.23. The SMILES string of the molecule is COc1ccc2nc3cc(Cl)ccc3c(NCCCCC(CO)CO)c2c1. The predicted octanol–water partition coefficient (Wildman–Crippen LogP) is 4.23. The van der Waals surface area contributed by atoms with Gasteiger partial charge in [0.2, 0.25) is 0 Å². The van der Waals surface area contributed by atoms with E-state index in [-0.39, 0.29) is 19.1 Å². The zero-order valence-corrected chi connectivity index (χ0v) is 16.2. The first-order valence-electron chi connectivity index (χ1n) is 9.19. The molecule has 5 nitrogen and oxygen atoms in total. The van der Waals surface area contributed by atoms with Gasteiger partial charge in [0, 0.05) is 41.5 Å². The molecule has 0 aliphatic rings. The Bertz CT molecular complexity index is 913. The number of nitrogens with zero attached hydrogens (tertiary/aromatic N) is 1. The van der Waals surface area contributed by atoms with E-state index < -0.39 is 0 Å². The van der Waals surface area contributed by atoms with Gasteiger partial charge in [-0.05, 0) is 49.2 Å². The first-order valence-corrected chi connectivity index (χ1v) is 9.56. The van der Waals surface area contributed by atoms with E-state index in [1.165, 1.54) is 0 Å². The maximum Gasteiger partial charge on any atom is 0.119 e. The largest absolute Gasteiger partial charge is 0.497 e. The number of nitrogens with one attached hydrogen (secondary N) is 1. The molecule has 0 saturated carbocycles. The molecule has 0 radical (unpaired) electrons. The van der Waals surface area contributed by atoms with Gasteiger partial charge in [0.15, 0.2) is 0 Å². The minimum atomic E-state index is -0.0287. The summed E-state index contributed by atoms with van der Waals surface area (Å²) in [5, 5.41) is 24.6. The molecule has 0 atom stereocenters. The lowest BCUT2D eigenvalue weighted by Crippen LogP contribution is -2.11. The number of rotatable bonds is 9. The number of aromatic nitrogens is 1. The first-order chi connectivity index (χ1) is 13.2. The Kier molecular flexibility index (Phi) is 6.72. The van der Waals surface area contributed by atoms with Gasteiger partial charge in [-0.2, -0.15) is 0 Å². The molecular weight excluding hydrogens is 364 g/mol. The van der Waals surface area contributed by atoms with Crippen LogP contribution in [0.25, 0.3) is 21.8 Å². The summed E-state index contributed by atoms with van der Waals surface area (Å²) in [7, 11) is 1.65. The fourth-order valence-corrected chi connectivity index (χ4v) is 3.39. The summed E-state index contributed by atoms with van der Waals surface area (Å²) in [6, 6.07) is 11.6. The highest BCUT2D eigenvalue weighted by molar-refractivity contribution is 6.31. The Hall–Kier alpha value is -2.08. The Labute approximate surface area is 163 Å². The van der Waals surface area contributed by atoms with Gasteiger partial charge >= 0.3 is 0 Å². The van der Waals surface area contributed by atoms with E-state index in [1.807, 2.05) is 36.4 Å². The monoisotopic (exact) mass is 388 g/mol. The Morgan fingerprint density at radius 2 is 1.85 bits per heavy atom. The topological polar surface area (TPSA) is 74.6 Å². The van der Waals surface area contributed by atoms with Crippen molar-refractivity contribution in [2.45, 2.75) is 19.3 Å². The van der Waals surface area contributed by atoms with Crippen molar-refractivity contribution in [2.24, 2.45) is 5.92 Å². The number of benzene rings is 2. The second-order valence-electron chi connectivity index (χ2n) is 6.69. The van der Waals surface area contributed by atoms with Gasteiger partial charge in [0.05, 0.1) is 23.8 Å². The van der Waals surface area contributed by atoms with Crippen molar-refractivity contribution in [3.63, 3.8) is 0 Å².